The van der Waals surface area contributed by atoms with E-state index in [-0.39, 0.29) is 11.5 Å². The summed E-state index contributed by atoms with van der Waals surface area (Å²) in [4.78, 5) is 4.13. The van der Waals surface area contributed by atoms with Crippen LogP contribution in [0.25, 0.3) is 0 Å². The van der Waals surface area contributed by atoms with Crippen LogP contribution in [0.15, 0.2) is 47.5 Å². The number of halogens is 3. The van der Waals surface area contributed by atoms with E-state index in [4.69, 9.17) is 16.3 Å². The first-order valence-electron chi connectivity index (χ1n) is 7.82. The number of methoxy groups -OCH3 is 1. The Morgan fingerprint density at radius 2 is 1.65 bits per heavy atom. The lowest BCUT2D eigenvalue weighted by Crippen LogP contribution is -2.36. The first-order valence-corrected chi connectivity index (χ1v) is 8.20. The normalized spacial score (nSPS) is 11.4. The van der Waals surface area contributed by atoms with Crippen LogP contribution < -0.4 is 20.1 Å². The van der Waals surface area contributed by atoms with Gasteiger partial charge in [-0.05, 0) is 35.4 Å². The fourth-order valence-corrected chi connectivity index (χ4v) is 2.34. The molecule has 0 aliphatic rings. The molecule has 2 rings (SSSR count). The van der Waals surface area contributed by atoms with Gasteiger partial charge in [0.25, 0.3) is 0 Å². The van der Waals surface area contributed by atoms with Crippen LogP contribution in [0, 0.1) is 0 Å². The Bertz CT molecular complexity index is 740. The van der Waals surface area contributed by atoms with Crippen LogP contribution in [0.4, 0.5) is 8.78 Å². The summed E-state index contributed by atoms with van der Waals surface area (Å²) in [5, 5.41) is 6.96. The summed E-state index contributed by atoms with van der Waals surface area (Å²) in [7, 11) is 3.05. The Labute approximate surface area is 156 Å². The highest BCUT2D eigenvalue weighted by molar-refractivity contribution is 6.30. The van der Waals surface area contributed by atoms with Crippen molar-refractivity contribution >= 4 is 17.6 Å². The Balaban J connectivity index is 1.94. The van der Waals surface area contributed by atoms with Crippen LogP contribution in [0.3, 0.4) is 0 Å². The molecule has 2 aromatic carbocycles. The summed E-state index contributed by atoms with van der Waals surface area (Å²) in [6.07, 6.45) is 0. The van der Waals surface area contributed by atoms with Gasteiger partial charge in [0.2, 0.25) is 0 Å². The zero-order valence-electron chi connectivity index (χ0n) is 14.4. The number of hydrogen-bond donors (Lipinski definition) is 2. The molecular formula is C18H20ClF2N3O2. The number of hydrogen-bond acceptors (Lipinski definition) is 3. The number of ether oxygens (including phenoxy) is 2. The molecule has 0 aliphatic carbocycles. The van der Waals surface area contributed by atoms with E-state index in [1.807, 2.05) is 24.3 Å². The third-order valence-electron chi connectivity index (χ3n) is 3.50. The lowest BCUT2D eigenvalue weighted by Gasteiger charge is -2.14. The van der Waals surface area contributed by atoms with Crippen LogP contribution in [-0.2, 0) is 13.1 Å². The van der Waals surface area contributed by atoms with Gasteiger partial charge in [0, 0.05) is 25.2 Å². The number of nitrogens with zero attached hydrogens (tertiary/aromatic N) is 1. The van der Waals surface area contributed by atoms with Crippen molar-refractivity contribution in [2.24, 2.45) is 4.99 Å². The highest BCUT2D eigenvalue weighted by Crippen LogP contribution is 2.29. The maximum Gasteiger partial charge on any atom is 0.387 e. The third-order valence-corrected chi connectivity index (χ3v) is 3.75. The molecule has 0 unspecified atom stereocenters. The van der Waals surface area contributed by atoms with Crippen molar-refractivity contribution in [2.75, 3.05) is 14.2 Å². The number of benzene rings is 2. The molecule has 8 heteroatoms. The predicted molar refractivity (Wildman–Crippen MR) is 98.1 cm³/mol. The van der Waals surface area contributed by atoms with Crippen molar-refractivity contribution in [3.05, 3.63) is 58.6 Å². The topological polar surface area (TPSA) is 54.9 Å². The molecule has 0 amide bonds. The lowest BCUT2D eigenvalue weighted by atomic mass is 10.2. The summed E-state index contributed by atoms with van der Waals surface area (Å²) < 4.78 is 34.5. The van der Waals surface area contributed by atoms with Crippen LogP contribution in [0.1, 0.15) is 11.1 Å². The molecule has 0 atom stereocenters. The van der Waals surface area contributed by atoms with E-state index < -0.39 is 6.61 Å². The molecule has 0 radical (unpaired) electrons. The molecule has 5 nitrogen and oxygen atoms in total. The van der Waals surface area contributed by atoms with E-state index in [2.05, 4.69) is 20.4 Å². The number of rotatable bonds is 7. The minimum atomic E-state index is -2.92. The van der Waals surface area contributed by atoms with Crippen LogP contribution in [-0.4, -0.2) is 26.7 Å². The van der Waals surface area contributed by atoms with Gasteiger partial charge < -0.3 is 20.1 Å². The molecule has 0 saturated carbocycles. The maximum atomic E-state index is 12.5. The van der Waals surface area contributed by atoms with Crippen molar-refractivity contribution in [1.29, 1.82) is 0 Å². The SMILES string of the molecule is CN=C(NCc1ccc(Cl)cc1)NCc1ccc(OC)c(OC(F)F)c1. The van der Waals surface area contributed by atoms with E-state index >= 15 is 0 Å². The first kappa shape index (κ1) is 19.8. The maximum absolute atomic E-state index is 12.5. The van der Waals surface area contributed by atoms with Crippen LogP contribution in [0.2, 0.25) is 5.02 Å². The fraction of sp³-hybridized carbons (Fsp3) is 0.278. The average Bonchev–Trinajstić information content (AvgIpc) is 2.63. The van der Waals surface area contributed by atoms with E-state index in [9.17, 15) is 8.78 Å². The lowest BCUT2D eigenvalue weighted by molar-refractivity contribution is -0.0512. The van der Waals surface area contributed by atoms with Gasteiger partial charge in [-0.15, -0.1) is 0 Å². The predicted octanol–water partition coefficient (Wildman–Crippen LogP) is 3.82. The number of aliphatic imine (C=N–C) groups is 1. The molecule has 0 heterocycles. The first-order chi connectivity index (χ1) is 12.5. The Hall–Kier alpha value is -2.54. The summed E-state index contributed by atoms with van der Waals surface area (Å²) >= 11 is 5.86. The fourth-order valence-electron chi connectivity index (χ4n) is 2.21. The van der Waals surface area contributed by atoms with E-state index in [0.717, 1.165) is 11.1 Å². The van der Waals surface area contributed by atoms with Gasteiger partial charge in [0.1, 0.15) is 0 Å². The van der Waals surface area contributed by atoms with E-state index in [1.165, 1.54) is 13.2 Å². The van der Waals surface area contributed by atoms with Crippen LogP contribution in [0.5, 0.6) is 11.5 Å². The van der Waals surface area contributed by atoms with Crippen molar-refractivity contribution in [3.63, 3.8) is 0 Å². The minimum Gasteiger partial charge on any atom is -0.493 e. The Morgan fingerprint density at radius 3 is 2.23 bits per heavy atom. The molecular weight excluding hydrogens is 364 g/mol. The average molecular weight is 384 g/mol. The highest BCUT2D eigenvalue weighted by Gasteiger charge is 2.11. The monoisotopic (exact) mass is 383 g/mol. The van der Waals surface area contributed by atoms with Crippen molar-refractivity contribution < 1.29 is 18.3 Å². The molecule has 0 aliphatic heterocycles. The second kappa shape index (κ2) is 9.82. The van der Waals surface area contributed by atoms with Gasteiger partial charge in [-0.25, -0.2) is 0 Å². The van der Waals surface area contributed by atoms with Gasteiger partial charge >= 0.3 is 6.61 Å². The van der Waals surface area contributed by atoms with Gasteiger partial charge in [-0.3, -0.25) is 4.99 Å². The largest absolute Gasteiger partial charge is 0.493 e. The molecule has 2 N–H and O–H groups in total. The highest BCUT2D eigenvalue weighted by atomic mass is 35.5. The zero-order chi connectivity index (χ0) is 18.9. The van der Waals surface area contributed by atoms with Gasteiger partial charge in [0.05, 0.1) is 7.11 Å². The van der Waals surface area contributed by atoms with E-state index in [1.54, 1.807) is 19.2 Å². The second-order valence-corrected chi connectivity index (χ2v) is 5.71. The summed E-state index contributed by atoms with van der Waals surface area (Å²) in [5.74, 6) is 0.817. The standard InChI is InChI=1S/C18H20ClF2N3O2/c1-22-18(23-10-12-3-6-14(19)7-4-12)24-11-13-5-8-15(25-2)16(9-13)26-17(20)21/h3-9,17H,10-11H2,1-2H3,(H2,22,23,24). The summed E-state index contributed by atoms with van der Waals surface area (Å²) in [6.45, 7) is -1.97. The zero-order valence-corrected chi connectivity index (χ0v) is 15.2. The molecule has 0 saturated heterocycles. The number of alkyl halides is 2. The van der Waals surface area contributed by atoms with Crippen molar-refractivity contribution in [2.45, 2.75) is 19.7 Å². The van der Waals surface area contributed by atoms with Gasteiger partial charge in [-0.1, -0.05) is 29.8 Å². The second-order valence-electron chi connectivity index (χ2n) is 5.27. The smallest absolute Gasteiger partial charge is 0.387 e. The molecule has 26 heavy (non-hydrogen) atoms. The number of guanidine groups is 1. The molecule has 0 spiro atoms. The third kappa shape index (κ3) is 6.07. The molecule has 0 bridgehead atoms. The van der Waals surface area contributed by atoms with Crippen molar-refractivity contribution in [3.8, 4) is 11.5 Å². The Morgan fingerprint density at radius 1 is 1.04 bits per heavy atom. The Kier molecular flexibility index (Phi) is 7.47. The quantitative estimate of drug-likeness (QED) is 0.564. The summed E-state index contributed by atoms with van der Waals surface area (Å²) in [6, 6.07) is 12.3. The minimum absolute atomic E-state index is 0.00842. The van der Waals surface area contributed by atoms with Gasteiger partial charge in [-0.2, -0.15) is 8.78 Å². The number of nitrogens with one attached hydrogen (secondary N) is 2. The van der Waals surface area contributed by atoms with Gasteiger partial charge in [0.15, 0.2) is 17.5 Å². The molecule has 0 fully saturated rings. The van der Waals surface area contributed by atoms with Crippen molar-refractivity contribution in [1.82, 2.24) is 10.6 Å². The molecule has 140 valence electrons. The van der Waals surface area contributed by atoms with E-state index in [0.29, 0.717) is 24.1 Å². The summed E-state index contributed by atoms with van der Waals surface area (Å²) in [5.41, 5.74) is 1.80. The molecule has 2 aromatic rings. The van der Waals surface area contributed by atoms with Crippen LogP contribution >= 0.6 is 11.6 Å². The molecule has 0 aromatic heterocycles.